The summed E-state index contributed by atoms with van der Waals surface area (Å²) in [7, 11) is 0. The summed E-state index contributed by atoms with van der Waals surface area (Å²) in [6.07, 6.45) is 19.3. The number of nitrogens with one attached hydrogen (secondary N) is 3. The second kappa shape index (κ2) is 28.7. The van der Waals surface area contributed by atoms with Gasteiger partial charge >= 0.3 is 24.3 Å². The lowest BCUT2D eigenvalue weighted by Gasteiger charge is -2.49. The molecule has 3 N–H and O–H groups in total. The molecular formula is C82H111F3N4O9. The summed E-state index contributed by atoms with van der Waals surface area (Å²) >= 11 is 0. The van der Waals surface area contributed by atoms with Gasteiger partial charge in [0.1, 0.15) is 23.8 Å². The number of piperidine rings is 2. The summed E-state index contributed by atoms with van der Waals surface area (Å²) in [4.78, 5) is 63.8. The Kier molecular flexibility index (Phi) is 20.7. The van der Waals surface area contributed by atoms with E-state index in [4.69, 9.17) is 18.9 Å². The molecule has 2 aromatic rings. The zero-order valence-electron chi connectivity index (χ0n) is 59.7. The van der Waals surface area contributed by atoms with Gasteiger partial charge in [-0.3, -0.25) is 14.4 Å². The maximum atomic E-state index is 13.7. The third-order valence-electron chi connectivity index (χ3n) is 27.8. The molecule has 0 unspecified atom stereocenters. The van der Waals surface area contributed by atoms with Crippen molar-refractivity contribution in [3.8, 4) is 0 Å². The van der Waals surface area contributed by atoms with Crippen LogP contribution in [0.3, 0.4) is 0 Å². The molecule has 4 saturated carbocycles. The number of halogens is 3. The number of fused-ring (bicyclic) bond motifs is 12. The molecule has 20 atom stereocenters. The Morgan fingerprint density at radius 1 is 0.602 bits per heavy atom. The van der Waals surface area contributed by atoms with Crippen LogP contribution in [0.15, 0.2) is 106 Å². The molecule has 2 aromatic carbocycles. The molecule has 0 radical (unpaired) electrons. The van der Waals surface area contributed by atoms with E-state index in [0.29, 0.717) is 112 Å². The number of alkyl carbamates (subject to hydrolysis) is 2. The van der Waals surface area contributed by atoms with Gasteiger partial charge in [-0.05, 0) is 216 Å². The number of hydrogen-bond donors (Lipinski definition) is 3. The quantitative estimate of drug-likeness (QED) is 0.109. The van der Waals surface area contributed by atoms with Gasteiger partial charge in [0.2, 0.25) is 0 Å². The van der Waals surface area contributed by atoms with E-state index in [2.05, 4.69) is 81.8 Å². The van der Waals surface area contributed by atoms with Gasteiger partial charge in [-0.15, -0.1) is 0 Å². The number of amides is 3. The fourth-order valence-electron chi connectivity index (χ4n) is 22.4. The van der Waals surface area contributed by atoms with Gasteiger partial charge in [-0.1, -0.05) is 137 Å². The van der Waals surface area contributed by atoms with Gasteiger partial charge in [0.25, 0.3) is 0 Å². The summed E-state index contributed by atoms with van der Waals surface area (Å²) in [5.41, 5.74) is 10.6. The highest BCUT2D eigenvalue weighted by molar-refractivity contribution is 5.82. The lowest BCUT2D eigenvalue weighted by Crippen LogP contribution is -2.57. The van der Waals surface area contributed by atoms with E-state index in [1.54, 1.807) is 11.1 Å². The molecule has 16 heteroatoms. The van der Waals surface area contributed by atoms with E-state index in [-0.39, 0.29) is 64.7 Å². The highest BCUT2D eigenvalue weighted by Gasteiger charge is 2.65. The predicted molar refractivity (Wildman–Crippen MR) is 372 cm³/mol. The Balaban J connectivity index is 0.000000178. The SMILES string of the molecule is CC1=C2C[C@H]3[C@@H](CC=C4C[C@@H](OC(=O)NCCCC(=O)CCc5ccccc5)CC[C@@]43C)[C@@H]2CC[C@]12O[C@@H]1C[C@H](C)CN(C(=O)C(F)(F)F)[C@H]1[C@H]2C.CC1=C2C[C@H]3[C@@H](CC=C4C[C@@H](OC(=O)NCCCC(=O)CCc5ccccc5)CC[C@@]43C)[C@@H]2CC[C@]12O[C@@H]1C[C@H](C)CN[C@H]1[C@H]2C. The maximum absolute atomic E-state index is 13.7. The Bertz CT molecular complexity index is 3420. The molecular weight excluding hydrogens is 1240 g/mol. The van der Waals surface area contributed by atoms with E-state index in [0.717, 1.165) is 106 Å². The number of hydrogen-bond acceptors (Lipinski definition) is 10. The van der Waals surface area contributed by atoms with Crippen LogP contribution in [0, 0.1) is 70.0 Å². The van der Waals surface area contributed by atoms with Crippen molar-refractivity contribution in [3.63, 3.8) is 0 Å². The van der Waals surface area contributed by atoms with Crippen molar-refractivity contribution in [1.29, 1.82) is 0 Å². The molecule has 8 aliphatic carbocycles. The first-order valence-electron chi connectivity index (χ1n) is 38.1. The zero-order valence-corrected chi connectivity index (χ0v) is 59.7. The Labute approximate surface area is 580 Å². The number of rotatable bonds is 16. The zero-order chi connectivity index (χ0) is 69.1. The molecule has 534 valence electrons. The fraction of sp³-hybridized carbons (Fsp3) is 0.695. The number of carbonyl (C=O) groups excluding carboxylic acids is 5. The third-order valence-corrected chi connectivity index (χ3v) is 27.8. The predicted octanol–water partition coefficient (Wildman–Crippen LogP) is 16.2. The first-order valence-corrected chi connectivity index (χ1v) is 38.1. The van der Waals surface area contributed by atoms with Crippen LogP contribution in [0.4, 0.5) is 22.8 Å². The van der Waals surface area contributed by atoms with Crippen LogP contribution < -0.4 is 16.0 Å². The van der Waals surface area contributed by atoms with E-state index >= 15 is 0 Å². The van der Waals surface area contributed by atoms with Crippen molar-refractivity contribution >= 4 is 29.7 Å². The summed E-state index contributed by atoms with van der Waals surface area (Å²) in [5.74, 6) is 3.10. The Morgan fingerprint density at radius 2 is 1.07 bits per heavy atom. The van der Waals surface area contributed by atoms with Crippen molar-refractivity contribution in [2.24, 2.45) is 70.0 Å². The largest absolute Gasteiger partial charge is 0.471 e. The number of Topliss-reactive ketones (excluding diaryl/α,β-unsaturated/α-hetero) is 2. The number of alkyl halides is 3. The van der Waals surface area contributed by atoms with Crippen molar-refractivity contribution in [1.82, 2.24) is 20.9 Å². The van der Waals surface area contributed by atoms with Crippen LogP contribution in [-0.4, -0.2) is 115 Å². The number of ketones is 2. The molecule has 8 fully saturated rings. The molecule has 2 spiro atoms. The molecule has 4 saturated heterocycles. The lowest BCUT2D eigenvalue weighted by atomic mass is 9.56. The first-order chi connectivity index (χ1) is 46.9. The molecule has 4 heterocycles. The topological polar surface area (TPSA) is 162 Å². The Morgan fingerprint density at radius 3 is 1.56 bits per heavy atom. The number of nitrogens with zero attached hydrogens (tertiary/aromatic N) is 1. The van der Waals surface area contributed by atoms with E-state index in [9.17, 15) is 37.1 Å². The van der Waals surface area contributed by atoms with Crippen LogP contribution in [0.25, 0.3) is 0 Å². The average Bonchev–Trinajstić information content (AvgIpc) is 1.55. The van der Waals surface area contributed by atoms with Gasteiger partial charge in [0.05, 0.1) is 29.5 Å². The minimum absolute atomic E-state index is 0.00135. The molecule has 14 rings (SSSR count). The maximum Gasteiger partial charge on any atom is 0.471 e. The molecule has 98 heavy (non-hydrogen) atoms. The fourth-order valence-corrected chi connectivity index (χ4v) is 22.4. The summed E-state index contributed by atoms with van der Waals surface area (Å²) < 4.78 is 67.0. The van der Waals surface area contributed by atoms with Crippen molar-refractivity contribution in [2.45, 2.75) is 263 Å². The van der Waals surface area contributed by atoms with Crippen molar-refractivity contribution in [2.75, 3.05) is 26.2 Å². The second-order valence-corrected chi connectivity index (χ2v) is 33.2. The standard InChI is InChI=1S/C42H55F3N2O5.C40H56N2O4/c1-25-21-36-37(47(24-25)38(49)42(43,44)45)27(3)41(52-36)19-17-32-33-15-13-29-22-31(16-18-40(29,4)35(33)23-34(32)26(41)2)51-39(50)46-20-8-11-30(48)14-12-28-9-6-5-7-10-28;1-25-21-36-37(42-24-25)27(3)40(46-36)19-17-32-33-15-13-29-22-31(16-18-39(29,4)35(33)23-34(32)26(40)2)45-38(44)41-20-8-11-30(43)14-12-28-9-6-5-7-10-28/h5-7,9-10,13,25,27,31-33,35-37H,8,11-12,14-24H2,1-4H3,(H,46,50);5-7,9-10,13,25,27,31-33,35-37,42H,8,11-12,14-24H2,1-4H3,(H,41,44)/t25-,27+,31-,32-,33-,35-,36+,37-,40-,41-;25-,27+,31-,32-,33-,35-,36+,37-,39-,40-/m00/s1. The first kappa shape index (κ1) is 70.8. The number of benzene rings is 2. The van der Waals surface area contributed by atoms with Crippen LogP contribution in [-0.2, 0) is 46.2 Å². The molecule has 4 aliphatic heterocycles. The number of carbonyl (C=O) groups is 5. The molecule has 3 amide bonds. The number of aryl methyl sites for hydroxylation is 2. The minimum Gasteiger partial charge on any atom is -0.446 e. The monoisotopic (exact) mass is 1350 g/mol. The lowest BCUT2D eigenvalue weighted by molar-refractivity contribution is -0.192. The molecule has 12 aliphatic rings. The summed E-state index contributed by atoms with van der Waals surface area (Å²) in [6.45, 7) is 20.3. The number of likely N-dealkylation sites (tertiary alicyclic amines) is 1. The molecule has 0 aromatic heterocycles. The normalized spacial score (nSPS) is 38.1. The summed E-state index contributed by atoms with van der Waals surface area (Å²) in [6, 6.07) is 20.0. The van der Waals surface area contributed by atoms with Crippen LogP contribution in [0.1, 0.15) is 208 Å². The Hall–Kier alpha value is -5.58. The van der Waals surface area contributed by atoms with Gasteiger partial charge in [-0.2, -0.15) is 13.2 Å². The highest BCUT2D eigenvalue weighted by atomic mass is 19.4. The van der Waals surface area contributed by atoms with Crippen LogP contribution >= 0.6 is 0 Å². The second-order valence-electron chi connectivity index (χ2n) is 33.2. The number of allylic oxidation sites excluding steroid dienone is 4. The van der Waals surface area contributed by atoms with Crippen LogP contribution in [0.5, 0.6) is 0 Å². The van der Waals surface area contributed by atoms with Gasteiger partial charge in [0.15, 0.2) is 0 Å². The smallest absolute Gasteiger partial charge is 0.446 e. The minimum atomic E-state index is -4.90. The van der Waals surface area contributed by atoms with Crippen LogP contribution in [0.2, 0.25) is 0 Å². The van der Waals surface area contributed by atoms with Crippen molar-refractivity contribution in [3.05, 3.63) is 117 Å². The van der Waals surface area contributed by atoms with E-state index in [1.165, 1.54) is 53.5 Å². The van der Waals surface area contributed by atoms with Gasteiger partial charge < -0.3 is 39.8 Å². The number of ether oxygens (including phenoxy) is 4. The molecule has 0 bridgehead atoms. The third kappa shape index (κ3) is 13.7. The van der Waals surface area contributed by atoms with Crippen molar-refractivity contribution < 1.29 is 56.1 Å². The average molecular weight is 1350 g/mol. The highest BCUT2D eigenvalue weighted by Crippen LogP contribution is 2.68. The summed E-state index contributed by atoms with van der Waals surface area (Å²) in [5, 5.41) is 9.62. The van der Waals surface area contributed by atoms with Gasteiger partial charge in [-0.25, -0.2) is 9.59 Å². The van der Waals surface area contributed by atoms with Gasteiger partial charge in [0, 0.05) is 76.0 Å². The van der Waals surface area contributed by atoms with E-state index < -0.39 is 35.9 Å². The molecule has 13 nitrogen and oxygen atoms in total. The van der Waals surface area contributed by atoms with E-state index in [1.807, 2.05) is 62.4 Å².